The number of rotatable bonds is 6. The second-order valence-corrected chi connectivity index (χ2v) is 6.23. The van der Waals surface area contributed by atoms with Gasteiger partial charge in [0, 0.05) is 20.2 Å². The molecule has 2 unspecified atom stereocenters. The molecule has 1 aromatic rings. The molecular weight excluding hydrogens is 312 g/mol. The van der Waals surface area contributed by atoms with Crippen molar-refractivity contribution >= 4 is 18.3 Å². The zero-order valence-corrected chi connectivity index (χ0v) is 15.2. The van der Waals surface area contributed by atoms with E-state index >= 15 is 0 Å². The highest BCUT2D eigenvalue weighted by molar-refractivity contribution is 5.85. The summed E-state index contributed by atoms with van der Waals surface area (Å²) in [5.74, 6) is 0.688. The summed E-state index contributed by atoms with van der Waals surface area (Å²) in [4.78, 5) is 14.6. The highest BCUT2D eigenvalue weighted by atomic mass is 35.5. The van der Waals surface area contributed by atoms with Crippen LogP contribution in [0.1, 0.15) is 36.9 Å². The molecular formula is C18H29ClN2O2. The molecule has 1 fully saturated rings. The van der Waals surface area contributed by atoms with Gasteiger partial charge < -0.3 is 15.0 Å². The molecule has 1 aliphatic rings. The van der Waals surface area contributed by atoms with Crippen LogP contribution in [0.2, 0.25) is 0 Å². The molecule has 0 radical (unpaired) electrons. The standard InChI is InChI=1S/C18H28N2O2.ClH/c1-14-6-8-16(9-7-14)18-15(2)5-4-11-20(18)17(21)13-19-10-12-22-3;/h6-9,15,18-19H,4-5,10-13H2,1-3H3;1H. The molecule has 0 spiro atoms. The van der Waals surface area contributed by atoms with Crippen LogP contribution in [-0.2, 0) is 9.53 Å². The minimum Gasteiger partial charge on any atom is -0.383 e. The summed E-state index contributed by atoms with van der Waals surface area (Å²) in [5, 5.41) is 3.16. The Morgan fingerprint density at radius 1 is 1.35 bits per heavy atom. The fraction of sp³-hybridized carbons (Fsp3) is 0.611. The molecule has 0 aromatic heterocycles. The number of likely N-dealkylation sites (tertiary alicyclic amines) is 1. The third-order valence-electron chi connectivity index (χ3n) is 4.43. The number of hydrogen-bond acceptors (Lipinski definition) is 3. The number of ether oxygens (including phenoxy) is 1. The molecule has 1 heterocycles. The molecule has 5 heteroatoms. The number of piperidine rings is 1. The van der Waals surface area contributed by atoms with Gasteiger partial charge in [-0.1, -0.05) is 36.8 Å². The van der Waals surface area contributed by atoms with Crippen molar-refractivity contribution in [1.29, 1.82) is 0 Å². The summed E-state index contributed by atoms with van der Waals surface area (Å²) >= 11 is 0. The maximum absolute atomic E-state index is 12.6. The lowest BCUT2D eigenvalue weighted by atomic mass is 9.85. The first-order chi connectivity index (χ1) is 10.6. The average molecular weight is 341 g/mol. The van der Waals surface area contributed by atoms with E-state index in [1.807, 2.05) is 0 Å². The lowest BCUT2D eigenvalue weighted by Crippen LogP contribution is -2.46. The highest BCUT2D eigenvalue weighted by Crippen LogP contribution is 2.35. The predicted molar refractivity (Wildman–Crippen MR) is 96.0 cm³/mol. The van der Waals surface area contributed by atoms with E-state index in [4.69, 9.17) is 4.74 Å². The van der Waals surface area contributed by atoms with Gasteiger partial charge in [0.05, 0.1) is 19.2 Å². The third kappa shape index (κ3) is 5.48. The van der Waals surface area contributed by atoms with E-state index in [1.165, 1.54) is 17.5 Å². The molecule has 1 saturated heterocycles. The third-order valence-corrected chi connectivity index (χ3v) is 4.43. The minimum absolute atomic E-state index is 0. The molecule has 1 aliphatic heterocycles. The molecule has 0 bridgehead atoms. The van der Waals surface area contributed by atoms with Crippen LogP contribution in [0.15, 0.2) is 24.3 Å². The molecule has 0 aliphatic carbocycles. The Labute approximate surface area is 146 Å². The van der Waals surface area contributed by atoms with Crippen LogP contribution in [0.25, 0.3) is 0 Å². The Morgan fingerprint density at radius 2 is 2.04 bits per heavy atom. The second-order valence-electron chi connectivity index (χ2n) is 6.23. The fourth-order valence-corrected chi connectivity index (χ4v) is 3.21. The molecule has 1 aromatic carbocycles. The lowest BCUT2D eigenvalue weighted by molar-refractivity contribution is -0.135. The maximum atomic E-state index is 12.6. The SMILES string of the molecule is COCCNCC(=O)N1CCCC(C)C1c1ccc(C)cc1.Cl. The summed E-state index contributed by atoms with van der Waals surface area (Å²) in [7, 11) is 1.67. The van der Waals surface area contributed by atoms with Gasteiger partial charge >= 0.3 is 0 Å². The quantitative estimate of drug-likeness (QED) is 0.809. The van der Waals surface area contributed by atoms with Gasteiger partial charge in [0.25, 0.3) is 0 Å². The summed E-state index contributed by atoms with van der Waals surface area (Å²) in [6, 6.07) is 8.80. The van der Waals surface area contributed by atoms with E-state index in [9.17, 15) is 4.79 Å². The van der Waals surface area contributed by atoms with Crippen LogP contribution >= 0.6 is 12.4 Å². The zero-order chi connectivity index (χ0) is 15.9. The molecule has 0 saturated carbocycles. The van der Waals surface area contributed by atoms with Gasteiger partial charge in [-0.25, -0.2) is 0 Å². The van der Waals surface area contributed by atoms with Crippen LogP contribution in [0.4, 0.5) is 0 Å². The summed E-state index contributed by atoms with van der Waals surface area (Å²) in [6.07, 6.45) is 2.27. The number of halogens is 1. The van der Waals surface area contributed by atoms with E-state index in [-0.39, 0.29) is 24.4 Å². The summed E-state index contributed by atoms with van der Waals surface area (Å²) in [6.45, 7) is 6.93. The van der Waals surface area contributed by atoms with E-state index < -0.39 is 0 Å². The maximum Gasteiger partial charge on any atom is 0.237 e. The Kier molecular flexibility index (Phi) is 8.59. The smallest absolute Gasteiger partial charge is 0.237 e. The number of methoxy groups -OCH3 is 1. The molecule has 1 amide bonds. The number of carbonyl (C=O) groups excluding carboxylic acids is 1. The topological polar surface area (TPSA) is 41.6 Å². The first-order valence-corrected chi connectivity index (χ1v) is 8.19. The van der Waals surface area contributed by atoms with E-state index in [0.717, 1.165) is 13.0 Å². The first kappa shape index (κ1) is 19.9. The van der Waals surface area contributed by atoms with E-state index in [1.54, 1.807) is 7.11 Å². The molecule has 4 nitrogen and oxygen atoms in total. The van der Waals surface area contributed by atoms with Crippen molar-refractivity contribution in [2.24, 2.45) is 5.92 Å². The van der Waals surface area contributed by atoms with Gasteiger partial charge in [-0.3, -0.25) is 4.79 Å². The monoisotopic (exact) mass is 340 g/mol. The van der Waals surface area contributed by atoms with Crippen LogP contribution in [-0.4, -0.2) is 44.2 Å². The Balaban J connectivity index is 0.00000264. The van der Waals surface area contributed by atoms with Crippen molar-refractivity contribution in [1.82, 2.24) is 10.2 Å². The number of nitrogens with zero attached hydrogens (tertiary/aromatic N) is 1. The number of hydrogen-bond donors (Lipinski definition) is 1. The van der Waals surface area contributed by atoms with Crippen LogP contribution in [0.5, 0.6) is 0 Å². The molecule has 2 atom stereocenters. The molecule has 1 N–H and O–H groups in total. The number of benzene rings is 1. The first-order valence-electron chi connectivity index (χ1n) is 8.19. The van der Waals surface area contributed by atoms with Crippen molar-refractivity contribution in [3.05, 3.63) is 35.4 Å². The van der Waals surface area contributed by atoms with Crippen molar-refractivity contribution in [3.63, 3.8) is 0 Å². The zero-order valence-electron chi connectivity index (χ0n) is 14.4. The molecule has 2 rings (SSSR count). The van der Waals surface area contributed by atoms with E-state index in [2.05, 4.69) is 48.3 Å². The predicted octanol–water partition coefficient (Wildman–Crippen LogP) is 2.95. The molecule has 130 valence electrons. The van der Waals surface area contributed by atoms with Gasteiger partial charge in [0.2, 0.25) is 5.91 Å². The number of nitrogens with one attached hydrogen (secondary N) is 1. The van der Waals surface area contributed by atoms with Crippen LogP contribution < -0.4 is 5.32 Å². The number of carbonyl (C=O) groups is 1. The summed E-state index contributed by atoms with van der Waals surface area (Å²) in [5.41, 5.74) is 2.51. The van der Waals surface area contributed by atoms with Crippen molar-refractivity contribution < 1.29 is 9.53 Å². The highest BCUT2D eigenvalue weighted by Gasteiger charge is 2.32. The second kappa shape index (κ2) is 9.91. The Bertz CT molecular complexity index is 478. The van der Waals surface area contributed by atoms with E-state index in [0.29, 0.717) is 25.6 Å². The van der Waals surface area contributed by atoms with Crippen LogP contribution in [0, 0.1) is 12.8 Å². The van der Waals surface area contributed by atoms with Crippen molar-refractivity contribution in [2.75, 3.05) is 33.4 Å². The van der Waals surface area contributed by atoms with Gasteiger partial charge in [0.1, 0.15) is 0 Å². The summed E-state index contributed by atoms with van der Waals surface area (Å²) < 4.78 is 5.00. The Morgan fingerprint density at radius 3 is 2.70 bits per heavy atom. The Hall–Kier alpha value is -1.10. The average Bonchev–Trinajstić information content (AvgIpc) is 2.52. The number of amides is 1. The van der Waals surface area contributed by atoms with Gasteiger partial charge in [-0.2, -0.15) is 0 Å². The largest absolute Gasteiger partial charge is 0.383 e. The van der Waals surface area contributed by atoms with Gasteiger partial charge in [-0.05, 0) is 31.2 Å². The van der Waals surface area contributed by atoms with Crippen molar-refractivity contribution in [2.45, 2.75) is 32.7 Å². The number of aryl methyl sites for hydroxylation is 1. The van der Waals surface area contributed by atoms with Gasteiger partial charge in [-0.15, -0.1) is 12.4 Å². The minimum atomic E-state index is 0. The molecule has 23 heavy (non-hydrogen) atoms. The van der Waals surface area contributed by atoms with Crippen LogP contribution in [0.3, 0.4) is 0 Å². The lowest BCUT2D eigenvalue weighted by Gasteiger charge is -2.40. The fourth-order valence-electron chi connectivity index (χ4n) is 3.21. The normalized spacial score (nSPS) is 20.9. The van der Waals surface area contributed by atoms with Gasteiger partial charge in [0.15, 0.2) is 0 Å². The van der Waals surface area contributed by atoms with Crippen molar-refractivity contribution in [3.8, 4) is 0 Å².